The number of ether oxygens (including phenoxy) is 1. The van der Waals surface area contributed by atoms with Gasteiger partial charge in [-0.3, -0.25) is 0 Å². The number of halogens is 3. The zero-order valence-corrected chi connectivity index (χ0v) is 11.5. The molecule has 1 N–H and O–H groups in total. The van der Waals surface area contributed by atoms with Gasteiger partial charge in [-0.1, -0.05) is 18.5 Å². The van der Waals surface area contributed by atoms with E-state index in [1.54, 1.807) is 18.4 Å². The van der Waals surface area contributed by atoms with Gasteiger partial charge in [0.25, 0.3) is 0 Å². The van der Waals surface area contributed by atoms with E-state index in [4.69, 9.17) is 16.0 Å². The SMILES string of the molecule is CCC(Nc1ccc(OC(F)F)c(Cl)c1)c1ccco1. The molecule has 0 amide bonds. The number of alkyl halides is 2. The number of hydrogen-bond acceptors (Lipinski definition) is 3. The number of hydrogen-bond donors (Lipinski definition) is 1. The van der Waals surface area contributed by atoms with Gasteiger partial charge in [0.2, 0.25) is 0 Å². The lowest BCUT2D eigenvalue weighted by atomic mass is 10.1. The quantitative estimate of drug-likeness (QED) is 0.806. The summed E-state index contributed by atoms with van der Waals surface area (Å²) in [6, 6.07) is 8.26. The van der Waals surface area contributed by atoms with Crippen LogP contribution in [0, 0.1) is 0 Å². The summed E-state index contributed by atoms with van der Waals surface area (Å²) in [5.74, 6) is 0.759. The number of furan rings is 1. The Morgan fingerprint density at radius 1 is 1.35 bits per heavy atom. The number of benzene rings is 1. The third-order valence-corrected chi connectivity index (χ3v) is 3.08. The van der Waals surface area contributed by atoms with E-state index in [2.05, 4.69) is 10.1 Å². The molecule has 0 spiro atoms. The first-order chi connectivity index (χ1) is 9.60. The fourth-order valence-electron chi connectivity index (χ4n) is 1.85. The van der Waals surface area contributed by atoms with Gasteiger partial charge >= 0.3 is 6.61 Å². The molecular formula is C14H14ClF2NO2. The van der Waals surface area contributed by atoms with E-state index in [0.717, 1.165) is 12.2 Å². The topological polar surface area (TPSA) is 34.4 Å². The maximum absolute atomic E-state index is 12.1. The summed E-state index contributed by atoms with van der Waals surface area (Å²) in [6.45, 7) is -0.881. The Balaban J connectivity index is 2.11. The highest BCUT2D eigenvalue weighted by atomic mass is 35.5. The standard InChI is InChI=1S/C14H14ClF2NO2/c1-2-11(13-4-3-7-19-13)18-9-5-6-12(10(15)8-9)20-14(16)17/h3-8,11,14,18H,2H2,1H3. The molecule has 1 atom stereocenters. The van der Waals surface area contributed by atoms with Gasteiger partial charge in [0, 0.05) is 5.69 Å². The molecule has 1 aromatic heterocycles. The molecule has 108 valence electrons. The van der Waals surface area contributed by atoms with Crippen molar-refractivity contribution >= 4 is 17.3 Å². The summed E-state index contributed by atoms with van der Waals surface area (Å²) in [6.07, 6.45) is 2.41. The molecule has 6 heteroatoms. The summed E-state index contributed by atoms with van der Waals surface area (Å²) in [4.78, 5) is 0. The van der Waals surface area contributed by atoms with Gasteiger partial charge in [-0.15, -0.1) is 0 Å². The van der Waals surface area contributed by atoms with Gasteiger partial charge < -0.3 is 14.5 Å². The average Bonchev–Trinajstić information content (AvgIpc) is 2.92. The van der Waals surface area contributed by atoms with E-state index < -0.39 is 6.61 Å². The molecule has 2 rings (SSSR count). The normalized spacial score (nSPS) is 12.4. The minimum absolute atomic E-state index is 0.0112. The van der Waals surface area contributed by atoms with Crippen LogP contribution in [0.25, 0.3) is 0 Å². The molecule has 0 aliphatic heterocycles. The van der Waals surface area contributed by atoms with Crippen molar-refractivity contribution in [3.05, 3.63) is 47.4 Å². The monoisotopic (exact) mass is 301 g/mol. The van der Waals surface area contributed by atoms with E-state index >= 15 is 0 Å². The van der Waals surface area contributed by atoms with Crippen molar-refractivity contribution in [1.29, 1.82) is 0 Å². The Morgan fingerprint density at radius 3 is 2.70 bits per heavy atom. The smallest absolute Gasteiger partial charge is 0.387 e. The maximum Gasteiger partial charge on any atom is 0.387 e. The van der Waals surface area contributed by atoms with Crippen LogP contribution in [0.4, 0.5) is 14.5 Å². The van der Waals surface area contributed by atoms with Crippen LogP contribution < -0.4 is 10.1 Å². The van der Waals surface area contributed by atoms with E-state index in [-0.39, 0.29) is 16.8 Å². The third-order valence-electron chi connectivity index (χ3n) is 2.78. The second-order valence-corrected chi connectivity index (χ2v) is 4.55. The lowest BCUT2D eigenvalue weighted by molar-refractivity contribution is -0.0497. The van der Waals surface area contributed by atoms with E-state index in [1.165, 1.54) is 6.07 Å². The molecule has 0 radical (unpaired) electrons. The molecule has 1 heterocycles. The van der Waals surface area contributed by atoms with Crippen molar-refractivity contribution in [2.24, 2.45) is 0 Å². The third kappa shape index (κ3) is 3.63. The molecule has 3 nitrogen and oxygen atoms in total. The number of nitrogens with one attached hydrogen (secondary N) is 1. The second-order valence-electron chi connectivity index (χ2n) is 4.14. The Hall–Kier alpha value is -1.75. The predicted molar refractivity (Wildman–Crippen MR) is 73.4 cm³/mol. The van der Waals surface area contributed by atoms with Gasteiger partial charge in [-0.2, -0.15) is 8.78 Å². The molecular weight excluding hydrogens is 288 g/mol. The van der Waals surface area contributed by atoms with Crippen LogP contribution in [0.5, 0.6) is 5.75 Å². The summed E-state index contributed by atoms with van der Waals surface area (Å²) in [5, 5.41) is 3.36. The average molecular weight is 302 g/mol. The van der Waals surface area contributed by atoms with Crippen molar-refractivity contribution < 1.29 is 17.9 Å². The molecule has 0 fully saturated rings. The Kier molecular flexibility index (Phi) is 4.84. The van der Waals surface area contributed by atoms with Gasteiger partial charge in [-0.05, 0) is 36.8 Å². The van der Waals surface area contributed by atoms with Crippen LogP contribution >= 0.6 is 11.6 Å². The minimum atomic E-state index is -2.89. The maximum atomic E-state index is 12.1. The van der Waals surface area contributed by atoms with Crippen LogP contribution in [0.3, 0.4) is 0 Å². The van der Waals surface area contributed by atoms with Crippen LogP contribution in [0.15, 0.2) is 41.0 Å². The molecule has 1 unspecified atom stereocenters. The molecule has 0 aliphatic rings. The molecule has 0 aliphatic carbocycles. The second kappa shape index (κ2) is 6.61. The lowest BCUT2D eigenvalue weighted by Crippen LogP contribution is -2.09. The zero-order valence-electron chi connectivity index (χ0n) is 10.8. The van der Waals surface area contributed by atoms with Crippen LogP contribution in [-0.4, -0.2) is 6.61 Å². The van der Waals surface area contributed by atoms with Gasteiger partial charge in [0.15, 0.2) is 0 Å². The van der Waals surface area contributed by atoms with Gasteiger partial charge in [0.1, 0.15) is 11.5 Å². The van der Waals surface area contributed by atoms with E-state index in [0.29, 0.717) is 5.69 Å². The molecule has 20 heavy (non-hydrogen) atoms. The van der Waals surface area contributed by atoms with Crippen LogP contribution in [0.1, 0.15) is 25.1 Å². The van der Waals surface area contributed by atoms with Crippen molar-refractivity contribution in [2.75, 3.05) is 5.32 Å². The summed E-state index contributed by atoms with van der Waals surface area (Å²) in [5.41, 5.74) is 0.708. The molecule has 0 bridgehead atoms. The summed E-state index contributed by atoms with van der Waals surface area (Å²) < 4.78 is 33.9. The summed E-state index contributed by atoms with van der Waals surface area (Å²) >= 11 is 5.90. The Labute approximate surface area is 120 Å². The highest BCUT2D eigenvalue weighted by molar-refractivity contribution is 6.32. The highest BCUT2D eigenvalue weighted by Gasteiger charge is 2.14. The highest BCUT2D eigenvalue weighted by Crippen LogP contribution is 2.31. The van der Waals surface area contributed by atoms with E-state index in [9.17, 15) is 8.78 Å². The summed E-state index contributed by atoms with van der Waals surface area (Å²) in [7, 11) is 0. The number of rotatable bonds is 6. The molecule has 1 aromatic carbocycles. The van der Waals surface area contributed by atoms with Gasteiger partial charge in [-0.25, -0.2) is 0 Å². The fourth-order valence-corrected chi connectivity index (χ4v) is 2.07. The van der Waals surface area contributed by atoms with Crippen LogP contribution in [-0.2, 0) is 0 Å². The van der Waals surface area contributed by atoms with Gasteiger partial charge in [0.05, 0.1) is 17.3 Å². The van der Waals surface area contributed by atoms with Crippen molar-refractivity contribution in [3.63, 3.8) is 0 Å². The first kappa shape index (κ1) is 14.7. The largest absolute Gasteiger partial charge is 0.467 e. The van der Waals surface area contributed by atoms with Crippen molar-refractivity contribution in [1.82, 2.24) is 0 Å². The predicted octanol–water partition coefficient (Wildman–Crippen LogP) is 5.10. The lowest BCUT2D eigenvalue weighted by Gasteiger charge is -2.17. The first-order valence-electron chi connectivity index (χ1n) is 6.14. The van der Waals surface area contributed by atoms with E-state index in [1.807, 2.05) is 19.1 Å². The first-order valence-corrected chi connectivity index (χ1v) is 6.52. The van der Waals surface area contributed by atoms with Crippen LogP contribution in [0.2, 0.25) is 5.02 Å². The molecule has 0 saturated heterocycles. The zero-order chi connectivity index (χ0) is 14.5. The molecule has 2 aromatic rings. The Bertz CT molecular complexity index is 546. The fraction of sp³-hybridized carbons (Fsp3) is 0.286. The minimum Gasteiger partial charge on any atom is -0.467 e. The number of anilines is 1. The molecule has 0 saturated carbocycles. The van der Waals surface area contributed by atoms with Crippen molar-refractivity contribution in [3.8, 4) is 5.75 Å². The Morgan fingerprint density at radius 2 is 2.15 bits per heavy atom. The van der Waals surface area contributed by atoms with Crippen molar-refractivity contribution in [2.45, 2.75) is 26.0 Å².